The lowest BCUT2D eigenvalue weighted by molar-refractivity contribution is 0.294. The quantitative estimate of drug-likeness (QED) is 0.185. The van der Waals surface area contributed by atoms with Gasteiger partial charge in [0.1, 0.15) is 5.65 Å². The van der Waals surface area contributed by atoms with E-state index in [1.807, 2.05) is 18.3 Å². The molecule has 0 unspecified atom stereocenters. The van der Waals surface area contributed by atoms with E-state index in [0.717, 1.165) is 80.7 Å². The monoisotopic (exact) mass is 562 g/mol. The van der Waals surface area contributed by atoms with Crippen molar-refractivity contribution in [1.29, 1.82) is 5.41 Å². The Hall–Kier alpha value is -2.92. The second-order valence-electron chi connectivity index (χ2n) is 11.2. The molecule has 3 aromatic rings. The summed E-state index contributed by atoms with van der Waals surface area (Å²) in [6.07, 6.45) is 11.8. The second kappa shape index (κ2) is 13.2. The van der Waals surface area contributed by atoms with E-state index in [1.165, 1.54) is 29.3 Å². The fourth-order valence-corrected chi connectivity index (χ4v) is 6.49. The number of nitrogens with zero attached hydrogens (tertiary/aromatic N) is 3. The van der Waals surface area contributed by atoms with Crippen molar-refractivity contribution in [2.24, 2.45) is 11.5 Å². The van der Waals surface area contributed by atoms with Crippen LogP contribution in [0, 0.1) is 5.41 Å². The van der Waals surface area contributed by atoms with Gasteiger partial charge in [-0.3, -0.25) is 14.9 Å². The highest BCUT2D eigenvalue weighted by atomic mass is 32.2. The molecule has 5 rings (SSSR count). The summed E-state index contributed by atoms with van der Waals surface area (Å²) in [5.74, 6) is 0.863. The molecule has 2 aliphatic rings. The van der Waals surface area contributed by atoms with Crippen LogP contribution in [0.15, 0.2) is 47.4 Å². The van der Waals surface area contributed by atoms with Gasteiger partial charge in [0.2, 0.25) is 0 Å². The van der Waals surface area contributed by atoms with Crippen molar-refractivity contribution in [2.45, 2.75) is 70.0 Å². The van der Waals surface area contributed by atoms with Gasteiger partial charge in [0, 0.05) is 54.2 Å². The summed E-state index contributed by atoms with van der Waals surface area (Å²) in [5.41, 5.74) is 16.1. The maximum absolute atomic E-state index is 13.0. The van der Waals surface area contributed by atoms with Crippen molar-refractivity contribution in [1.82, 2.24) is 24.8 Å². The van der Waals surface area contributed by atoms with Crippen molar-refractivity contribution in [3.8, 4) is 5.69 Å². The van der Waals surface area contributed by atoms with Crippen LogP contribution in [0.25, 0.3) is 22.3 Å². The Balaban J connectivity index is 1.26. The van der Waals surface area contributed by atoms with Crippen LogP contribution in [0.1, 0.15) is 69.2 Å². The van der Waals surface area contributed by atoms with Crippen LogP contribution in [0.5, 0.6) is 0 Å². The third-order valence-electron chi connectivity index (χ3n) is 8.00. The average molecular weight is 563 g/mol. The fourth-order valence-electron chi connectivity index (χ4n) is 5.87. The van der Waals surface area contributed by atoms with E-state index in [0.29, 0.717) is 17.7 Å². The average Bonchev–Trinajstić information content (AvgIpc) is 3.36. The summed E-state index contributed by atoms with van der Waals surface area (Å²) in [5, 5.41) is 12.3. The Morgan fingerprint density at radius 3 is 2.88 bits per heavy atom. The largest absolute Gasteiger partial charge is 0.379 e. The molecule has 1 aromatic carbocycles. The molecule has 214 valence electrons. The molecule has 0 spiro atoms. The van der Waals surface area contributed by atoms with Crippen LogP contribution < -0.4 is 22.5 Å². The van der Waals surface area contributed by atoms with E-state index in [-0.39, 0.29) is 16.9 Å². The lowest BCUT2D eigenvalue weighted by atomic mass is 9.92. The van der Waals surface area contributed by atoms with E-state index >= 15 is 0 Å². The number of piperidine rings is 1. The van der Waals surface area contributed by atoms with Gasteiger partial charge < -0.3 is 21.8 Å². The number of hydrogen-bond acceptors (Lipinski definition) is 7. The molecule has 0 amide bonds. The lowest BCUT2D eigenvalue weighted by Gasteiger charge is -2.31. The van der Waals surface area contributed by atoms with Gasteiger partial charge in [0.25, 0.3) is 0 Å². The highest BCUT2D eigenvalue weighted by Gasteiger charge is 2.22. The first-order valence-electron chi connectivity index (χ1n) is 14.5. The molecule has 2 aromatic heterocycles. The Morgan fingerprint density at radius 2 is 2.10 bits per heavy atom. The van der Waals surface area contributed by atoms with E-state index in [1.54, 1.807) is 4.57 Å². The van der Waals surface area contributed by atoms with E-state index in [9.17, 15) is 4.79 Å². The van der Waals surface area contributed by atoms with Crippen LogP contribution in [-0.4, -0.2) is 62.1 Å². The molecule has 10 heteroatoms. The highest BCUT2D eigenvalue weighted by Crippen LogP contribution is 2.28. The summed E-state index contributed by atoms with van der Waals surface area (Å²) in [6.45, 7) is 5.07. The predicted octanol–water partition coefficient (Wildman–Crippen LogP) is 4.13. The number of nitrogens with two attached hydrogens (primary N) is 2. The van der Waals surface area contributed by atoms with Gasteiger partial charge in [0.15, 0.2) is 5.17 Å². The number of amidine groups is 1. The molecule has 0 saturated carbocycles. The third kappa shape index (κ3) is 7.23. The van der Waals surface area contributed by atoms with Gasteiger partial charge in [-0.15, -0.1) is 0 Å². The molecule has 1 saturated heterocycles. The summed E-state index contributed by atoms with van der Waals surface area (Å²) < 4.78 is 1.63. The zero-order valence-corrected chi connectivity index (χ0v) is 24.2. The van der Waals surface area contributed by atoms with E-state index < -0.39 is 0 Å². The van der Waals surface area contributed by atoms with Crippen LogP contribution in [0.3, 0.4) is 0 Å². The molecule has 3 atom stereocenters. The number of H-pyrrole nitrogens is 1. The van der Waals surface area contributed by atoms with Crippen molar-refractivity contribution < 1.29 is 0 Å². The minimum atomic E-state index is -0.289. The predicted molar refractivity (Wildman–Crippen MR) is 166 cm³/mol. The summed E-state index contributed by atoms with van der Waals surface area (Å²) in [6, 6.07) is 11.3. The Morgan fingerprint density at radius 1 is 1.27 bits per heavy atom. The number of benzene rings is 1. The first-order chi connectivity index (χ1) is 19.4. The molecule has 40 heavy (non-hydrogen) atoms. The van der Waals surface area contributed by atoms with Gasteiger partial charge >= 0.3 is 5.69 Å². The molecule has 4 heterocycles. The van der Waals surface area contributed by atoms with Crippen molar-refractivity contribution in [3.63, 3.8) is 0 Å². The second-order valence-corrected chi connectivity index (χ2v) is 12.4. The first kappa shape index (κ1) is 28.6. The Labute approximate surface area is 240 Å². The number of thioether (sulfide) groups is 1. The SMILES string of the molecule is C[C@H](N)CCCN1CCC=C(c2cc3cn(-c4ccc([C@@H]5CCC[C@@H](CCSC(=N)N)N5)cc4)c(=O)nc3[nH]2)C1. The smallest absolute Gasteiger partial charge is 0.354 e. The fraction of sp³-hybridized carbons (Fsp3) is 0.500. The van der Waals surface area contributed by atoms with Crippen molar-refractivity contribution in [3.05, 3.63) is 64.3 Å². The lowest BCUT2D eigenvalue weighted by Crippen LogP contribution is -2.37. The van der Waals surface area contributed by atoms with Crippen molar-refractivity contribution >= 4 is 33.5 Å². The molecule has 2 aliphatic heterocycles. The van der Waals surface area contributed by atoms with Crippen LogP contribution in [0.2, 0.25) is 0 Å². The molecule has 0 aliphatic carbocycles. The zero-order chi connectivity index (χ0) is 28.1. The van der Waals surface area contributed by atoms with Crippen molar-refractivity contribution in [2.75, 3.05) is 25.4 Å². The number of fused-ring (bicyclic) bond motifs is 1. The van der Waals surface area contributed by atoms with Crippen LogP contribution >= 0.6 is 11.8 Å². The third-order valence-corrected chi connectivity index (χ3v) is 8.75. The van der Waals surface area contributed by atoms with E-state index in [2.05, 4.69) is 51.4 Å². The minimum Gasteiger partial charge on any atom is -0.379 e. The summed E-state index contributed by atoms with van der Waals surface area (Å²) >= 11 is 1.41. The van der Waals surface area contributed by atoms with Gasteiger partial charge in [-0.1, -0.05) is 36.4 Å². The topological polar surface area (TPSA) is 142 Å². The molecular formula is C30H42N8OS. The minimum absolute atomic E-state index is 0.184. The van der Waals surface area contributed by atoms with Gasteiger partial charge in [-0.2, -0.15) is 4.98 Å². The Kier molecular flexibility index (Phi) is 9.41. The molecule has 0 radical (unpaired) electrons. The molecule has 7 N–H and O–H groups in total. The van der Waals surface area contributed by atoms with Gasteiger partial charge in [-0.05, 0) is 81.3 Å². The zero-order valence-electron chi connectivity index (χ0n) is 23.4. The number of nitrogens with one attached hydrogen (secondary N) is 3. The van der Waals surface area contributed by atoms with Gasteiger partial charge in [-0.25, -0.2) is 4.79 Å². The molecule has 9 nitrogen and oxygen atoms in total. The van der Waals surface area contributed by atoms with E-state index in [4.69, 9.17) is 16.9 Å². The summed E-state index contributed by atoms with van der Waals surface area (Å²) in [7, 11) is 0. The molecule has 0 bridgehead atoms. The maximum Gasteiger partial charge on any atom is 0.354 e. The van der Waals surface area contributed by atoms with Crippen LogP contribution in [-0.2, 0) is 0 Å². The normalized spacial score (nSPS) is 20.9. The van der Waals surface area contributed by atoms with Crippen LogP contribution in [0.4, 0.5) is 0 Å². The number of hydrogen-bond donors (Lipinski definition) is 5. The maximum atomic E-state index is 13.0. The Bertz CT molecular complexity index is 1390. The number of aromatic nitrogens is 3. The van der Waals surface area contributed by atoms with Gasteiger partial charge in [0.05, 0.1) is 5.69 Å². The number of rotatable bonds is 10. The summed E-state index contributed by atoms with van der Waals surface area (Å²) in [4.78, 5) is 23.2. The highest BCUT2D eigenvalue weighted by molar-refractivity contribution is 8.13. The number of aromatic amines is 1. The standard InChI is InChI=1S/C30H42N8OS/c1-20(31)5-3-14-37-15-4-6-22(18-37)27-17-23-19-38(30(39)36-28(23)35-27)25-11-9-21(10-12-25)26-8-2-7-24(34-26)13-16-40-29(32)33/h6,9-12,17,19-20,24,26,34H,2-5,7-8,13-16,18,31H2,1H3,(H3,32,33)(H,35,36,39)/t20-,24-,26-/m0/s1. The molecular weight excluding hydrogens is 520 g/mol. The first-order valence-corrected chi connectivity index (χ1v) is 15.5. The molecule has 1 fully saturated rings.